The molecular formula is C22H26N4O. The Morgan fingerprint density at radius 2 is 1.78 bits per heavy atom. The van der Waals surface area contributed by atoms with E-state index in [1.165, 1.54) is 0 Å². The summed E-state index contributed by atoms with van der Waals surface area (Å²) < 4.78 is 0. The van der Waals surface area contributed by atoms with Gasteiger partial charge in [0.15, 0.2) is 0 Å². The van der Waals surface area contributed by atoms with E-state index in [-0.39, 0.29) is 5.91 Å². The topological polar surface area (TPSA) is 48.5 Å². The minimum atomic E-state index is 0.100. The second kappa shape index (κ2) is 7.53. The van der Waals surface area contributed by atoms with Gasteiger partial charge < -0.3 is 15.1 Å². The summed E-state index contributed by atoms with van der Waals surface area (Å²) in [6.07, 6.45) is 1.05. The summed E-state index contributed by atoms with van der Waals surface area (Å²) in [5, 5.41) is 5.74. The first-order valence-electron chi connectivity index (χ1n) is 9.71. The van der Waals surface area contributed by atoms with Crippen LogP contribution in [0.3, 0.4) is 0 Å². The smallest absolute Gasteiger partial charge is 0.254 e. The predicted octanol–water partition coefficient (Wildman–Crippen LogP) is 3.60. The van der Waals surface area contributed by atoms with Gasteiger partial charge in [-0.15, -0.1) is 0 Å². The van der Waals surface area contributed by atoms with Gasteiger partial charge in [-0.05, 0) is 37.7 Å². The fourth-order valence-electron chi connectivity index (χ4n) is 3.66. The molecule has 1 aromatic heterocycles. The number of carbonyl (C=O) groups excluding carboxylic acids is 1. The van der Waals surface area contributed by atoms with E-state index in [1.807, 2.05) is 41.3 Å². The van der Waals surface area contributed by atoms with E-state index in [0.717, 1.165) is 72.2 Å². The van der Waals surface area contributed by atoms with Gasteiger partial charge in [0.25, 0.3) is 5.91 Å². The van der Waals surface area contributed by atoms with Crippen LogP contribution in [-0.4, -0.2) is 60.5 Å². The van der Waals surface area contributed by atoms with Crippen LogP contribution >= 0.6 is 0 Å². The number of rotatable bonds is 4. The number of aromatic nitrogens is 1. The summed E-state index contributed by atoms with van der Waals surface area (Å²) in [5.41, 5.74) is 3.65. The first-order valence-corrected chi connectivity index (χ1v) is 9.71. The molecule has 3 aromatic rings. The second-order valence-corrected chi connectivity index (χ2v) is 7.26. The molecule has 27 heavy (non-hydrogen) atoms. The van der Waals surface area contributed by atoms with Crippen molar-refractivity contribution in [3.8, 4) is 0 Å². The van der Waals surface area contributed by atoms with Gasteiger partial charge in [0, 0.05) is 49.1 Å². The predicted molar refractivity (Wildman–Crippen MR) is 111 cm³/mol. The number of anilines is 1. The first-order chi connectivity index (χ1) is 13.2. The van der Waals surface area contributed by atoms with Crippen molar-refractivity contribution in [3.05, 3.63) is 48.0 Å². The Kier molecular flexibility index (Phi) is 4.94. The Labute approximate surface area is 160 Å². The molecule has 2 aromatic carbocycles. The number of hydrogen-bond acceptors (Lipinski definition) is 4. The molecule has 2 heterocycles. The average molecular weight is 362 g/mol. The maximum Gasteiger partial charge on any atom is 0.254 e. The summed E-state index contributed by atoms with van der Waals surface area (Å²) in [5.74, 6) is 0.100. The lowest BCUT2D eigenvalue weighted by molar-refractivity contribution is 0.0664. The number of nitrogens with zero attached hydrogens (tertiary/aromatic N) is 3. The third-order valence-electron chi connectivity index (χ3n) is 5.27. The summed E-state index contributed by atoms with van der Waals surface area (Å²) in [6.45, 7) is 6.47. The molecule has 0 aliphatic carbocycles. The number of pyridine rings is 1. The molecule has 5 heteroatoms. The quantitative estimate of drug-likeness (QED) is 0.721. The number of benzene rings is 2. The Morgan fingerprint density at radius 3 is 2.56 bits per heavy atom. The highest BCUT2D eigenvalue weighted by Crippen LogP contribution is 2.31. The van der Waals surface area contributed by atoms with Crippen LogP contribution in [0.4, 0.5) is 5.69 Å². The molecule has 0 spiro atoms. The highest BCUT2D eigenvalue weighted by molar-refractivity contribution is 6.09. The minimum Gasteiger partial charge on any atom is -0.384 e. The lowest BCUT2D eigenvalue weighted by Crippen LogP contribution is -2.47. The lowest BCUT2D eigenvalue weighted by Gasteiger charge is -2.32. The molecule has 1 aliphatic rings. The summed E-state index contributed by atoms with van der Waals surface area (Å²) in [6, 6.07) is 14.1. The van der Waals surface area contributed by atoms with Crippen molar-refractivity contribution in [1.29, 1.82) is 0 Å². The molecule has 1 N–H and O–H groups in total. The highest BCUT2D eigenvalue weighted by Gasteiger charge is 2.21. The van der Waals surface area contributed by atoms with Crippen molar-refractivity contribution in [2.45, 2.75) is 13.3 Å². The largest absolute Gasteiger partial charge is 0.384 e. The maximum absolute atomic E-state index is 12.9. The lowest BCUT2D eigenvalue weighted by atomic mass is 10.0. The molecule has 140 valence electrons. The van der Waals surface area contributed by atoms with Crippen molar-refractivity contribution in [2.75, 3.05) is 45.1 Å². The molecule has 5 nitrogen and oxygen atoms in total. The summed E-state index contributed by atoms with van der Waals surface area (Å²) in [4.78, 5) is 22.0. The van der Waals surface area contributed by atoms with E-state index in [0.29, 0.717) is 0 Å². The molecule has 0 atom stereocenters. The Bertz CT molecular complexity index is 977. The van der Waals surface area contributed by atoms with Gasteiger partial charge in [-0.1, -0.05) is 25.1 Å². The van der Waals surface area contributed by atoms with Gasteiger partial charge >= 0.3 is 0 Å². The third-order valence-corrected chi connectivity index (χ3v) is 5.27. The van der Waals surface area contributed by atoms with Crippen LogP contribution in [0.25, 0.3) is 21.8 Å². The van der Waals surface area contributed by atoms with E-state index in [1.54, 1.807) is 0 Å². The van der Waals surface area contributed by atoms with Crippen LogP contribution < -0.4 is 5.32 Å². The maximum atomic E-state index is 12.9. The molecule has 1 fully saturated rings. The first kappa shape index (κ1) is 17.7. The number of nitrogens with one attached hydrogen (secondary N) is 1. The second-order valence-electron chi connectivity index (χ2n) is 7.26. The number of amides is 1. The molecule has 4 rings (SSSR count). The molecule has 0 saturated carbocycles. The number of fused-ring (bicyclic) bond motifs is 2. The Hall–Kier alpha value is -2.66. The fourth-order valence-corrected chi connectivity index (χ4v) is 3.66. The van der Waals surface area contributed by atoms with Gasteiger partial charge in [0.05, 0.1) is 16.7 Å². The summed E-state index contributed by atoms with van der Waals surface area (Å²) >= 11 is 0. The Morgan fingerprint density at radius 1 is 1.04 bits per heavy atom. The van der Waals surface area contributed by atoms with E-state index in [4.69, 9.17) is 4.98 Å². The number of para-hydroxylation sites is 1. The van der Waals surface area contributed by atoms with Gasteiger partial charge in [0.1, 0.15) is 0 Å². The van der Waals surface area contributed by atoms with Crippen LogP contribution in [-0.2, 0) is 0 Å². The van der Waals surface area contributed by atoms with Crippen molar-refractivity contribution < 1.29 is 4.79 Å². The molecule has 1 saturated heterocycles. The van der Waals surface area contributed by atoms with Crippen LogP contribution in [0.5, 0.6) is 0 Å². The van der Waals surface area contributed by atoms with Gasteiger partial charge in [0.2, 0.25) is 0 Å². The van der Waals surface area contributed by atoms with Crippen LogP contribution in [0.1, 0.15) is 23.7 Å². The van der Waals surface area contributed by atoms with E-state index >= 15 is 0 Å². The van der Waals surface area contributed by atoms with E-state index < -0.39 is 0 Å². The van der Waals surface area contributed by atoms with Gasteiger partial charge in [-0.2, -0.15) is 0 Å². The zero-order valence-corrected chi connectivity index (χ0v) is 16.0. The van der Waals surface area contributed by atoms with Crippen LogP contribution in [0, 0.1) is 0 Å². The van der Waals surface area contributed by atoms with Gasteiger partial charge in [-0.25, -0.2) is 4.98 Å². The van der Waals surface area contributed by atoms with Crippen LogP contribution in [0.2, 0.25) is 0 Å². The van der Waals surface area contributed by atoms with Crippen molar-refractivity contribution >= 4 is 33.4 Å². The number of carbonyl (C=O) groups is 1. The minimum absolute atomic E-state index is 0.100. The normalized spacial score (nSPS) is 15.4. The SMILES string of the molecule is CCCNc1c2ccccc2nc2cc(C(=O)N3CCN(C)CC3)ccc12. The molecule has 0 unspecified atom stereocenters. The third kappa shape index (κ3) is 3.47. The summed E-state index contributed by atoms with van der Waals surface area (Å²) in [7, 11) is 2.09. The van der Waals surface area contributed by atoms with E-state index in [2.05, 4.69) is 30.3 Å². The van der Waals surface area contributed by atoms with E-state index in [9.17, 15) is 4.79 Å². The zero-order valence-electron chi connectivity index (χ0n) is 16.0. The van der Waals surface area contributed by atoms with Crippen LogP contribution in [0.15, 0.2) is 42.5 Å². The molecule has 0 radical (unpaired) electrons. The fraction of sp³-hybridized carbons (Fsp3) is 0.364. The zero-order chi connectivity index (χ0) is 18.8. The Balaban J connectivity index is 1.75. The van der Waals surface area contributed by atoms with Gasteiger partial charge in [-0.3, -0.25) is 4.79 Å². The van der Waals surface area contributed by atoms with Crippen molar-refractivity contribution in [3.63, 3.8) is 0 Å². The molecule has 1 amide bonds. The molecule has 0 bridgehead atoms. The molecular weight excluding hydrogens is 336 g/mol. The average Bonchev–Trinajstić information content (AvgIpc) is 2.70. The number of piperazine rings is 1. The highest BCUT2D eigenvalue weighted by atomic mass is 16.2. The van der Waals surface area contributed by atoms with Crippen molar-refractivity contribution in [2.24, 2.45) is 0 Å². The molecule has 1 aliphatic heterocycles. The number of hydrogen-bond donors (Lipinski definition) is 1. The van der Waals surface area contributed by atoms with Crippen molar-refractivity contribution in [1.82, 2.24) is 14.8 Å². The monoisotopic (exact) mass is 362 g/mol. The number of likely N-dealkylation sites (N-methyl/N-ethyl adjacent to an activating group) is 1. The standard InChI is InChI=1S/C22H26N4O/c1-3-10-23-21-17-6-4-5-7-19(17)24-20-15-16(8-9-18(20)21)22(27)26-13-11-25(2)12-14-26/h4-9,15H,3,10-14H2,1-2H3,(H,23,24).